The molecule has 8 heteroatoms. The minimum atomic E-state index is -3.61. The maximum atomic E-state index is 13.0. The molecule has 1 saturated heterocycles. The molecule has 0 aromatic heterocycles. The molecule has 1 unspecified atom stereocenters. The van der Waals surface area contributed by atoms with E-state index in [0.717, 1.165) is 19.4 Å². The zero-order chi connectivity index (χ0) is 17.0. The van der Waals surface area contributed by atoms with Crippen LogP contribution < -0.4 is 5.32 Å². The highest BCUT2D eigenvalue weighted by molar-refractivity contribution is 7.89. The normalized spacial score (nSPS) is 18.7. The van der Waals surface area contributed by atoms with Crippen molar-refractivity contribution in [3.63, 3.8) is 0 Å². The van der Waals surface area contributed by atoms with Crippen LogP contribution in [0, 0.1) is 12.8 Å². The van der Waals surface area contributed by atoms with Gasteiger partial charge >= 0.3 is 5.97 Å². The number of carbonyl (C=O) groups excluding carboxylic acids is 1. The Bertz CT molecular complexity index is 677. The van der Waals surface area contributed by atoms with E-state index in [4.69, 9.17) is 0 Å². The van der Waals surface area contributed by atoms with E-state index in [1.54, 1.807) is 19.1 Å². The Hall–Kier alpha value is -1.15. The van der Waals surface area contributed by atoms with Crippen LogP contribution in [0.2, 0.25) is 0 Å². The average Bonchev–Trinajstić information content (AvgIpc) is 2.55. The minimum Gasteiger partial charge on any atom is -0.465 e. The van der Waals surface area contributed by atoms with E-state index in [1.807, 2.05) is 7.05 Å². The van der Waals surface area contributed by atoms with Gasteiger partial charge in [-0.05, 0) is 57.0 Å². The third kappa shape index (κ3) is 4.47. The Morgan fingerprint density at radius 3 is 2.75 bits per heavy atom. The maximum absolute atomic E-state index is 13.0. The highest BCUT2D eigenvalue weighted by Gasteiger charge is 2.31. The van der Waals surface area contributed by atoms with Crippen LogP contribution in [-0.2, 0) is 14.8 Å². The Kier molecular flexibility index (Phi) is 7.66. The van der Waals surface area contributed by atoms with Crippen molar-refractivity contribution in [1.82, 2.24) is 9.62 Å². The molecule has 2 rings (SSSR count). The number of nitrogens with one attached hydrogen (secondary N) is 1. The zero-order valence-corrected chi connectivity index (χ0v) is 15.9. The van der Waals surface area contributed by atoms with E-state index in [9.17, 15) is 13.2 Å². The fourth-order valence-electron chi connectivity index (χ4n) is 2.96. The smallest absolute Gasteiger partial charge is 0.337 e. The molecular formula is C16H25ClN2O4S. The summed E-state index contributed by atoms with van der Waals surface area (Å²) in [7, 11) is -0.457. The number of benzene rings is 1. The van der Waals surface area contributed by atoms with E-state index in [0.29, 0.717) is 24.6 Å². The number of sulfonamides is 1. The third-order valence-electron chi connectivity index (χ3n) is 4.20. The molecule has 0 saturated carbocycles. The number of methoxy groups -OCH3 is 1. The topological polar surface area (TPSA) is 75.7 Å². The SMILES string of the molecule is CNCC1CCCN(S(=O)(=O)c2cc(C(=O)OC)ccc2C)C1.Cl. The number of esters is 1. The van der Waals surface area contributed by atoms with Gasteiger partial charge in [0.1, 0.15) is 0 Å². The minimum absolute atomic E-state index is 0. The number of nitrogens with zero attached hydrogens (tertiary/aromatic N) is 1. The van der Waals surface area contributed by atoms with Crippen molar-refractivity contribution in [2.45, 2.75) is 24.7 Å². The second kappa shape index (κ2) is 8.80. The number of piperidine rings is 1. The molecule has 0 bridgehead atoms. The van der Waals surface area contributed by atoms with Crippen LogP contribution in [0.5, 0.6) is 0 Å². The summed E-state index contributed by atoms with van der Waals surface area (Å²) in [5.74, 6) is -0.222. The van der Waals surface area contributed by atoms with Gasteiger partial charge in [0.25, 0.3) is 0 Å². The van der Waals surface area contributed by atoms with Crippen molar-refractivity contribution in [3.8, 4) is 0 Å². The number of hydrogen-bond donors (Lipinski definition) is 1. The quantitative estimate of drug-likeness (QED) is 0.793. The summed E-state index contributed by atoms with van der Waals surface area (Å²) in [5, 5.41) is 3.11. The number of ether oxygens (including phenoxy) is 1. The van der Waals surface area contributed by atoms with Gasteiger partial charge in [0.05, 0.1) is 17.6 Å². The summed E-state index contributed by atoms with van der Waals surface area (Å²) >= 11 is 0. The summed E-state index contributed by atoms with van der Waals surface area (Å²) < 4.78 is 32.2. The van der Waals surface area contributed by atoms with Gasteiger partial charge in [0.2, 0.25) is 10.0 Å². The lowest BCUT2D eigenvalue weighted by Crippen LogP contribution is -2.42. The van der Waals surface area contributed by atoms with Crippen LogP contribution >= 0.6 is 12.4 Å². The third-order valence-corrected chi connectivity index (χ3v) is 6.21. The number of carbonyl (C=O) groups is 1. The number of hydrogen-bond acceptors (Lipinski definition) is 5. The van der Waals surface area contributed by atoms with Crippen molar-refractivity contribution in [2.24, 2.45) is 5.92 Å². The molecule has 0 aliphatic carbocycles. The van der Waals surface area contributed by atoms with Gasteiger partial charge in [-0.25, -0.2) is 13.2 Å². The van der Waals surface area contributed by atoms with E-state index >= 15 is 0 Å². The van der Waals surface area contributed by atoms with Crippen LogP contribution in [0.1, 0.15) is 28.8 Å². The summed E-state index contributed by atoms with van der Waals surface area (Å²) in [5.41, 5.74) is 0.883. The number of halogens is 1. The first-order valence-corrected chi connectivity index (χ1v) is 9.18. The highest BCUT2D eigenvalue weighted by atomic mass is 35.5. The van der Waals surface area contributed by atoms with Gasteiger partial charge in [-0.15, -0.1) is 12.4 Å². The standard InChI is InChI=1S/C16H24N2O4S.ClH/c1-12-6-7-14(16(19)22-3)9-15(12)23(20,21)18-8-4-5-13(11-18)10-17-2;/h6-7,9,13,17H,4-5,8,10-11H2,1-3H3;1H. The lowest BCUT2D eigenvalue weighted by atomic mass is 10.00. The lowest BCUT2D eigenvalue weighted by molar-refractivity contribution is 0.0600. The molecule has 24 heavy (non-hydrogen) atoms. The Morgan fingerprint density at radius 1 is 1.42 bits per heavy atom. The maximum Gasteiger partial charge on any atom is 0.337 e. The molecule has 1 fully saturated rings. The molecule has 0 radical (unpaired) electrons. The number of aryl methyl sites for hydroxylation is 1. The molecule has 6 nitrogen and oxygen atoms in total. The van der Waals surface area contributed by atoms with E-state index in [-0.39, 0.29) is 22.9 Å². The lowest BCUT2D eigenvalue weighted by Gasteiger charge is -2.32. The number of rotatable bonds is 5. The van der Waals surface area contributed by atoms with Crippen molar-refractivity contribution >= 4 is 28.4 Å². The molecule has 1 aromatic rings. The summed E-state index contributed by atoms with van der Waals surface area (Å²) in [4.78, 5) is 11.9. The van der Waals surface area contributed by atoms with E-state index in [2.05, 4.69) is 10.1 Å². The fraction of sp³-hybridized carbons (Fsp3) is 0.562. The molecular weight excluding hydrogens is 352 g/mol. The first kappa shape index (κ1) is 20.9. The predicted molar refractivity (Wildman–Crippen MR) is 95.2 cm³/mol. The predicted octanol–water partition coefficient (Wildman–Crippen LogP) is 1.82. The molecule has 0 spiro atoms. The van der Waals surface area contributed by atoms with Crippen LogP contribution in [0.25, 0.3) is 0 Å². The second-order valence-corrected chi connectivity index (χ2v) is 7.81. The summed E-state index contributed by atoms with van der Waals surface area (Å²) in [6.07, 6.45) is 1.87. The van der Waals surface area contributed by atoms with Gasteiger partial charge in [-0.3, -0.25) is 0 Å². The molecule has 1 aliphatic heterocycles. The van der Waals surface area contributed by atoms with Crippen LogP contribution in [0.3, 0.4) is 0 Å². The Morgan fingerprint density at radius 2 is 2.12 bits per heavy atom. The molecule has 136 valence electrons. The van der Waals surface area contributed by atoms with Gasteiger partial charge in [-0.1, -0.05) is 6.07 Å². The first-order chi connectivity index (χ1) is 10.9. The fourth-order valence-corrected chi connectivity index (χ4v) is 4.77. The van der Waals surface area contributed by atoms with Gasteiger partial charge in [-0.2, -0.15) is 4.31 Å². The Balaban J connectivity index is 0.00000288. The molecule has 1 aliphatic rings. The van der Waals surface area contributed by atoms with E-state index < -0.39 is 16.0 Å². The van der Waals surface area contributed by atoms with Gasteiger partial charge in [0, 0.05) is 13.1 Å². The van der Waals surface area contributed by atoms with Gasteiger partial charge in [0.15, 0.2) is 0 Å². The molecule has 1 atom stereocenters. The largest absolute Gasteiger partial charge is 0.465 e. The second-order valence-electron chi connectivity index (χ2n) is 5.90. The van der Waals surface area contributed by atoms with Crippen LogP contribution in [-0.4, -0.2) is 52.5 Å². The summed E-state index contributed by atoms with van der Waals surface area (Å²) in [6, 6.07) is 4.65. The molecule has 1 heterocycles. The Labute approximate surface area is 150 Å². The van der Waals surface area contributed by atoms with Crippen molar-refractivity contribution < 1.29 is 17.9 Å². The molecule has 0 amide bonds. The van der Waals surface area contributed by atoms with Gasteiger partial charge < -0.3 is 10.1 Å². The first-order valence-electron chi connectivity index (χ1n) is 7.74. The molecule has 1 N–H and O–H groups in total. The van der Waals surface area contributed by atoms with Crippen molar-refractivity contribution in [1.29, 1.82) is 0 Å². The monoisotopic (exact) mass is 376 g/mol. The van der Waals surface area contributed by atoms with Crippen molar-refractivity contribution in [3.05, 3.63) is 29.3 Å². The highest BCUT2D eigenvalue weighted by Crippen LogP contribution is 2.26. The summed E-state index contributed by atoms with van der Waals surface area (Å²) in [6.45, 7) is 3.56. The van der Waals surface area contributed by atoms with E-state index in [1.165, 1.54) is 17.5 Å². The molecule has 1 aromatic carbocycles. The van der Waals surface area contributed by atoms with Crippen LogP contribution in [0.15, 0.2) is 23.1 Å². The zero-order valence-electron chi connectivity index (χ0n) is 14.2. The van der Waals surface area contributed by atoms with Crippen LogP contribution in [0.4, 0.5) is 0 Å². The van der Waals surface area contributed by atoms with Crippen molar-refractivity contribution in [2.75, 3.05) is 33.8 Å². The average molecular weight is 377 g/mol.